The maximum absolute atomic E-state index is 14.1. The number of hydrogen-bond acceptors (Lipinski definition) is 6. The Kier molecular flexibility index (Phi) is 5.50. The minimum atomic E-state index is -0.240. The number of piperidine rings is 1. The Morgan fingerprint density at radius 2 is 1.97 bits per heavy atom. The number of anilines is 1. The highest BCUT2D eigenvalue weighted by atomic mass is 19.1. The number of hydrogen-bond donors (Lipinski definition) is 1. The van der Waals surface area contributed by atoms with Gasteiger partial charge in [0.2, 0.25) is 11.7 Å². The summed E-state index contributed by atoms with van der Waals surface area (Å²) in [6.07, 6.45) is 2.08. The molecule has 0 spiro atoms. The molecule has 0 unspecified atom stereocenters. The molecule has 6 nitrogen and oxygen atoms in total. The highest BCUT2D eigenvalue weighted by molar-refractivity contribution is 5.90. The molecule has 1 fully saturated rings. The second-order valence-corrected chi connectivity index (χ2v) is 8.30. The van der Waals surface area contributed by atoms with Crippen LogP contribution in [0.4, 0.5) is 10.2 Å². The van der Waals surface area contributed by atoms with Crippen LogP contribution in [0.3, 0.4) is 0 Å². The Balaban J connectivity index is 1.69. The molecule has 0 saturated carbocycles. The molecule has 1 aromatic carbocycles. The minimum absolute atomic E-state index is 0.240. The number of fused-ring (bicyclic) bond motifs is 1. The van der Waals surface area contributed by atoms with Gasteiger partial charge < -0.3 is 14.7 Å². The SMILES string of the molecule is Cc1nc(-c2cc3ccc(F)c(C)c3nc2N2CCC(NCC(C)C)CC2)no1. The first-order chi connectivity index (χ1) is 13.9. The van der Waals surface area contributed by atoms with Gasteiger partial charge in [-0.15, -0.1) is 0 Å². The first kappa shape index (κ1) is 19.8. The molecule has 4 rings (SSSR count). The van der Waals surface area contributed by atoms with Crippen LogP contribution in [0.5, 0.6) is 0 Å². The van der Waals surface area contributed by atoms with Crippen molar-refractivity contribution in [1.29, 1.82) is 0 Å². The highest BCUT2D eigenvalue weighted by Gasteiger charge is 2.25. The molecule has 1 N–H and O–H groups in total. The fraction of sp³-hybridized carbons (Fsp3) is 0.500. The number of aryl methyl sites for hydroxylation is 2. The predicted molar refractivity (Wildman–Crippen MR) is 113 cm³/mol. The molecule has 0 radical (unpaired) electrons. The van der Waals surface area contributed by atoms with Gasteiger partial charge in [-0.2, -0.15) is 4.98 Å². The molecule has 0 atom stereocenters. The van der Waals surface area contributed by atoms with Crippen molar-refractivity contribution in [2.75, 3.05) is 24.5 Å². The zero-order valence-corrected chi connectivity index (χ0v) is 17.5. The smallest absolute Gasteiger partial charge is 0.223 e. The van der Waals surface area contributed by atoms with Crippen LogP contribution in [-0.2, 0) is 0 Å². The summed E-state index contributed by atoms with van der Waals surface area (Å²) in [5, 5.41) is 8.64. The van der Waals surface area contributed by atoms with E-state index in [4.69, 9.17) is 9.51 Å². The van der Waals surface area contributed by atoms with Crippen LogP contribution in [0, 0.1) is 25.6 Å². The van der Waals surface area contributed by atoms with Crippen LogP contribution >= 0.6 is 0 Å². The topological polar surface area (TPSA) is 67.1 Å². The normalized spacial score (nSPS) is 15.6. The van der Waals surface area contributed by atoms with E-state index in [2.05, 4.69) is 34.2 Å². The van der Waals surface area contributed by atoms with Crippen molar-refractivity contribution < 1.29 is 8.91 Å². The van der Waals surface area contributed by atoms with Crippen molar-refractivity contribution in [3.8, 4) is 11.4 Å². The lowest BCUT2D eigenvalue weighted by Gasteiger charge is -2.34. The molecule has 1 saturated heterocycles. The quantitative estimate of drug-likeness (QED) is 0.694. The van der Waals surface area contributed by atoms with E-state index in [0.717, 1.165) is 49.2 Å². The Morgan fingerprint density at radius 3 is 2.62 bits per heavy atom. The van der Waals surface area contributed by atoms with Gasteiger partial charge in [-0.3, -0.25) is 0 Å². The van der Waals surface area contributed by atoms with E-state index in [9.17, 15) is 4.39 Å². The van der Waals surface area contributed by atoms with E-state index in [0.29, 0.717) is 34.8 Å². The van der Waals surface area contributed by atoms with E-state index in [-0.39, 0.29) is 5.82 Å². The zero-order valence-electron chi connectivity index (χ0n) is 17.5. The van der Waals surface area contributed by atoms with Gasteiger partial charge in [0.05, 0.1) is 11.1 Å². The summed E-state index contributed by atoms with van der Waals surface area (Å²) in [5.74, 6) is 2.23. The Hall–Kier alpha value is -2.54. The van der Waals surface area contributed by atoms with Crippen molar-refractivity contribution in [1.82, 2.24) is 20.4 Å². The zero-order chi connectivity index (χ0) is 20.5. The number of benzene rings is 1. The number of pyridine rings is 1. The predicted octanol–water partition coefficient (Wildman–Crippen LogP) is 4.26. The summed E-state index contributed by atoms with van der Waals surface area (Å²) < 4.78 is 19.4. The van der Waals surface area contributed by atoms with Gasteiger partial charge in [0.25, 0.3) is 0 Å². The Morgan fingerprint density at radius 1 is 1.21 bits per heavy atom. The van der Waals surface area contributed by atoms with Crippen LogP contribution in [0.15, 0.2) is 22.7 Å². The monoisotopic (exact) mass is 397 g/mol. The van der Waals surface area contributed by atoms with Crippen molar-refractivity contribution in [2.24, 2.45) is 5.92 Å². The number of aromatic nitrogens is 3. The van der Waals surface area contributed by atoms with Gasteiger partial charge in [-0.1, -0.05) is 19.0 Å². The minimum Gasteiger partial charge on any atom is -0.356 e. The lowest BCUT2D eigenvalue weighted by atomic mass is 10.0. The maximum atomic E-state index is 14.1. The van der Waals surface area contributed by atoms with Crippen LogP contribution in [0.1, 0.15) is 38.1 Å². The van der Waals surface area contributed by atoms with Gasteiger partial charge in [0.15, 0.2) is 0 Å². The fourth-order valence-electron chi connectivity index (χ4n) is 3.86. The lowest BCUT2D eigenvalue weighted by molar-refractivity contribution is 0.391. The summed E-state index contributed by atoms with van der Waals surface area (Å²) in [5.41, 5.74) is 2.08. The molecule has 0 amide bonds. The van der Waals surface area contributed by atoms with E-state index in [1.54, 1.807) is 19.9 Å². The summed E-state index contributed by atoms with van der Waals surface area (Å²) in [7, 11) is 0. The Bertz CT molecular complexity index is 1010. The van der Waals surface area contributed by atoms with Crippen molar-refractivity contribution in [3.05, 3.63) is 35.5 Å². The van der Waals surface area contributed by atoms with Crippen LogP contribution < -0.4 is 10.2 Å². The molecule has 1 aliphatic rings. The molecule has 154 valence electrons. The molecule has 29 heavy (non-hydrogen) atoms. The first-order valence-corrected chi connectivity index (χ1v) is 10.3. The van der Waals surface area contributed by atoms with Gasteiger partial charge >= 0.3 is 0 Å². The van der Waals surface area contributed by atoms with Crippen LogP contribution in [0.25, 0.3) is 22.3 Å². The van der Waals surface area contributed by atoms with Crippen LogP contribution in [0.2, 0.25) is 0 Å². The lowest BCUT2D eigenvalue weighted by Crippen LogP contribution is -2.44. The summed E-state index contributed by atoms with van der Waals surface area (Å²) in [6, 6.07) is 5.75. The molecule has 3 aromatic rings. The molecule has 0 bridgehead atoms. The van der Waals surface area contributed by atoms with E-state index < -0.39 is 0 Å². The molecule has 0 aliphatic carbocycles. The number of nitrogens with one attached hydrogen (secondary N) is 1. The molecule has 2 aromatic heterocycles. The maximum Gasteiger partial charge on any atom is 0.223 e. The largest absolute Gasteiger partial charge is 0.356 e. The summed E-state index contributed by atoms with van der Waals surface area (Å²) >= 11 is 0. The third kappa shape index (κ3) is 4.10. The summed E-state index contributed by atoms with van der Waals surface area (Å²) in [6.45, 7) is 10.8. The van der Waals surface area contributed by atoms with Crippen molar-refractivity contribution >= 4 is 16.7 Å². The van der Waals surface area contributed by atoms with Crippen LogP contribution in [-0.4, -0.2) is 40.8 Å². The van der Waals surface area contributed by atoms with Crippen molar-refractivity contribution in [3.63, 3.8) is 0 Å². The van der Waals surface area contributed by atoms with E-state index in [1.807, 2.05) is 6.07 Å². The highest BCUT2D eigenvalue weighted by Crippen LogP contribution is 2.34. The second kappa shape index (κ2) is 8.06. The van der Waals surface area contributed by atoms with Crippen molar-refractivity contribution in [2.45, 2.75) is 46.6 Å². The first-order valence-electron chi connectivity index (χ1n) is 10.3. The second-order valence-electron chi connectivity index (χ2n) is 8.30. The average Bonchev–Trinajstić information content (AvgIpc) is 3.15. The van der Waals surface area contributed by atoms with Gasteiger partial charge in [0, 0.05) is 37.0 Å². The van der Waals surface area contributed by atoms with E-state index >= 15 is 0 Å². The molecule has 7 heteroatoms. The Labute approximate surface area is 170 Å². The van der Waals surface area contributed by atoms with Gasteiger partial charge in [0.1, 0.15) is 11.6 Å². The number of halogens is 1. The summed E-state index contributed by atoms with van der Waals surface area (Å²) in [4.78, 5) is 11.6. The molecular weight excluding hydrogens is 369 g/mol. The number of nitrogens with zero attached hydrogens (tertiary/aromatic N) is 4. The van der Waals surface area contributed by atoms with Gasteiger partial charge in [-0.25, -0.2) is 9.37 Å². The molecular formula is C22H28FN5O. The third-order valence-corrected chi connectivity index (χ3v) is 5.53. The standard InChI is InChI=1S/C22H28FN5O/c1-13(2)12-24-17-7-9-28(10-8-17)22-18(21-25-15(4)29-27-21)11-16-5-6-19(23)14(3)20(16)26-22/h5-6,11,13,17,24H,7-10,12H2,1-4H3. The average molecular weight is 397 g/mol. The number of rotatable bonds is 5. The molecule has 3 heterocycles. The molecule has 1 aliphatic heterocycles. The fourth-order valence-corrected chi connectivity index (χ4v) is 3.86. The van der Waals surface area contributed by atoms with E-state index in [1.165, 1.54) is 6.07 Å². The van der Waals surface area contributed by atoms with Gasteiger partial charge in [-0.05, 0) is 50.4 Å². The third-order valence-electron chi connectivity index (χ3n) is 5.53.